The number of hydrogen-bond acceptors (Lipinski definition) is 5. The van der Waals surface area contributed by atoms with Crippen LogP contribution in [0.15, 0.2) is 0 Å². The number of rotatable bonds is 5. The van der Waals surface area contributed by atoms with Crippen LogP contribution in [0.3, 0.4) is 0 Å². The van der Waals surface area contributed by atoms with Gasteiger partial charge in [-0.1, -0.05) is 13.8 Å². The molecular formula is C18H27N7. The van der Waals surface area contributed by atoms with Gasteiger partial charge in [0.1, 0.15) is 16.9 Å². The number of aromatic nitrogens is 6. The number of hydrogen-bond donors (Lipinski definition) is 1. The highest BCUT2D eigenvalue weighted by molar-refractivity contribution is 5.89. The Morgan fingerprint density at radius 3 is 2.12 bits per heavy atom. The van der Waals surface area contributed by atoms with E-state index in [0.29, 0.717) is 0 Å². The van der Waals surface area contributed by atoms with Crippen molar-refractivity contribution in [2.75, 3.05) is 5.32 Å². The lowest BCUT2D eigenvalue weighted by Crippen LogP contribution is -2.07. The molecule has 0 spiro atoms. The number of nitrogens with one attached hydrogen (secondary N) is 1. The van der Waals surface area contributed by atoms with Gasteiger partial charge in [0.05, 0.1) is 22.8 Å². The van der Waals surface area contributed by atoms with Crippen LogP contribution in [0, 0.1) is 20.8 Å². The lowest BCUT2D eigenvalue weighted by Gasteiger charge is -2.12. The molecule has 0 bridgehead atoms. The van der Waals surface area contributed by atoms with Crippen LogP contribution in [-0.2, 0) is 13.1 Å². The molecule has 0 aliphatic carbocycles. The topological polar surface area (TPSA) is 73.5 Å². The molecule has 0 radical (unpaired) electrons. The van der Waals surface area contributed by atoms with Gasteiger partial charge in [0.2, 0.25) is 0 Å². The summed E-state index contributed by atoms with van der Waals surface area (Å²) in [4.78, 5) is 9.57. The molecule has 0 amide bonds. The van der Waals surface area contributed by atoms with Crippen molar-refractivity contribution in [3.8, 4) is 0 Å². The van der Waals surface area contributed by atoms with Gasteiger partial charge in [-0.15, -0.1) is 0 Å². The zero-order valence-electron chi connectivity index (χ0n) is 16.2. The molecule has 25 heavy (non-hydrogen) atoms. The van der Waals surface area contributed by atoms with E-state index in [1.54, 1.807) is 0 Å². The average molecular weight is 341 g/mol. The van der Waals surface area contributed by atoms with Crippen LogP contribution in [-0.4, -0.2) is 29.5 Å². The minimum absolute atomic E-state index is 0.245. The number of aryl methyl sites for hydroxylation is 4. The maximum Gasteiger partial charge on any atom is 0.160 e. The normalized spacial score (nSPS) is 11.7. The fourth-order valence-electron chi connectivity index (χ4n) is 3.13. The highest BCUT2D eigenvalue weighted by atomic mass is 15.3. The minimum Gasteiger partial charge on any atom is -0.335 e. The van der Waals surface area contributed by atoms with E-state index in [4.69, 9.17) is 9.97 Å². The molecule has 3 heterocycles. The summed E-state index contributed by atoms with van der Waals surface area (Å²) in [6, 6.07) is 0. The molecule has 0 atom stereocenters. The summed E-state index contributed by atoms with van der Waals surface area (Å²) >= 11 is 0. The second kappa shape index (κ2) is 6.46. The van der Waals surface area contributed by atoms with Crippen molar-refractivity contribution in [2.24, 2.45) is 0 Å². The van der Waals surface area contributed by atoms with Gasteiger partial charge in [-0.05, 0) is 34.6 Å². The van der Waals surface area contributed by atoms with Gasteiger partial charge in [-0.3, -0.25) is 9.36 Å². The van der Waals surface area contributed by atoms with Crippen molar-refractivity contribution in [1.29, 1.82) is 0 Å². The molecule has 1 N–H and O–H groups in total. The standard InChI is InChI=1S/C18H27N7/c1-8-24-13(7)14(11(5)22-24)19-18-16-15(12(6)23-25(16)9-2)20-17(21-18)10(3)4/h10H,8-9H2,1-7H3,(H,19,20,21). The Morgan fingerprint density at radius 1 is 0.920 bits per heavy atom. The number of anilines is 2. The molecule has 3 rings (SSSR count). The van der Waals surface area contributed by atoms with Crippen molar-refractivity contribution in [2.45, 2.75) is 67.5 Å². The molecule has 134 valence electrons. The van der Waals surface area contributed by atoms with Crippen LogP contribution in [0.4, 0.5) is 11.5 Å². The van der Waals surface area contributed by atoms with Crippen molar-refractivity contribution < 1.29 is 0 Å². The Labute approximate surface area is 148 Å². The third kappa shape index (κ3) is 2.88. The summed E-state index contributed by atoms with van der Waals surface area (Å²) in [6.45, 7) is 16.1. The summed E-state index contributed by atoms with van der Waals surface area (Å²) in [5.41, 5.74) is 5.89. The average Bonchev–Trinajstić information content (AvgIpc) is 3.05. The molecule has 3 aromatic heterocycles. The predicted molar refractivity (Wildman–Crippen MR) is 100 cm³/mol. The predicted octanol–water partition coefficient (Wildman–Crippen LogP) is 3.85. The van der Waals surface area contributed by atoms with Crippen LogP contribution < -0.4 is 5.32 Å². The molecular weight excluding hydrogens is 314 g/mol. The van der Waals surface area contributed by atoms with Gasteiger partial charge in [0.25, 0.3) is 0 Å². The Balaban J connectivity index is 2.22. The summed E-state index contributed by atoms with van der Waals surface area (Å²) in [6.07, 6.45) is 0. The first kappa shape index (κ1) is 17.4. The zero-order valence-corrected chi connectivity index (χ0v) is 16.2. The van der Waals surface area contributed by atoms with E-state index in [9.17, 15) is 0 Å². The molecule has 0 saturated carbocycles. The second-order valence-electron chi connectivity index (χ2n) is 6.67. The maximum absolute atomic E-state index is 4.81. The van der Waals surface area contributed by atoms with Gasteiger partial charge >= 0.3 is 0 Å². The fraction of sp³-hybridized carbons (Fsp3) is 0.556. The molecule has 3 aromatic rings. The number of fused-ring (bicyclic) bond motifs is 1. The zero-order chi connectivity index (χ0) is 18.3. The van der Waals surface area contributed by atoms with Crippen molar-refractivity contribution >= 4 is 22.5 Å². The van der Waals surface area contributed by atoms with E-state index in [0.717, 1.165) is 58.5 Å². The van der Waals surface area contributed by atoms with E-state index < -0.39 is 0 Å². The van der Waals surface area contributed by atoms with Gasteiger partial charge in [-0.25, -0.2) is 9.97 Å². The third-order valence-electron chi connectivity index (χ3n) is 4.51. The Hall–Kier alpha value is -2.44. The minimum atomic E-state index is 0.245. The molecule has 0 aliphatic heterocycles. The fourth-order valence-corrected chi connectivity index (χ4v) is 3.13. The van der Waals surface area contributed by atoms with Gasteiger partial charge < -0.3 is 5.32 Å². The van der Waals surface area contributed by atoms with Gasteiger partial charge in [-0.2, -0.15) is 10.2 Å². The van der Waals surface area contributed by atoms with Gasteiger partial charge in [0, 0.05) is 19.0 Å². The Bertz CT molecular complexity index is 918. The van der Waals surface area contributed by atoms with Crippen LogP contribution in [0.2, 0.25) is 0 Å². The van der Waals surface area contributed by atoms with Crippen LogP contribution >= 0.6 is 0 Å². The summed E-state index contributed by atoms with van der Waals surface area (Å²) in [7, 11) is 0. The Kier molecular flexibility index (Phi) is 4.49. The van der Waals surface area contributed by atoms with Crippen molar-refractivity contribution in [1.82, 2.24) is 29.5 Å². The second-order valence-corrected chi connectivity index (χ2v) is 6.67. The maximum atomic E-state index is 4.81. The van der Waals surface area contributed by atoms with E-state index in [1.165, 1.54) is 0 Å². The van der Waals surface area contributed by atoms with E-state index >= 15 is 0 Å². The molecule has 0 aromatic carbocycles. The molecule has 7 nitrogen and oxygen atoms in total. The smallest absolute Gasteiger partial charge is 0.160 e. The highest BCUT2D eigenvalue weighted by Gasteiger charge is 2.20. The largest absolute Gasteiger partial charge is 0.335 e. The monoisotopic (exact) mass is 341 g/mol. The van der Waals surface area contributed by atoms with Crippen molar-refractivity contribution in [3.05, 3.63) is 22.9 Å². The molecule has 0 saturated heterocycles. The van der Waals surface area contributed by atoms with Crippen LogP contribution in [0.1, 0.15) is 56.5 Å². The van der Waals surface area contributed by atoms with E-state index in [2.05, 4.69) is 50.1 Å². The molecule has 7 heteroatoms. The van der Waals surface area contributed by atoms with Crippen LogP contribution in [0.25, 0.3) is 11.0 Å². The van der Waals surface area contributed by atoms with E-state index in [-0.39, 0.29) is 5.92 Å². The summed E-state index contributed by atoms with van der Waals surface area (Å²) < 4.78 is 3.97. The first-order chi connectivity index (χ1) is 11.9. The molecule has 0 unspecified atom stereocenters. The first-order valence-corrected chi connectivity index (χ1v) is 8.93. The van der Waals surface area contributed by atoms with Gasteiger partial charge in [0.15, 0.2) is 5.82 Å². The number of nitrogens with zero attached hydrogens (tertiary/aromatic N) is 6. The quantitative estimate of drug-likeness (QED) is 0.763. The highest BCUT2D eigenvalue weighted by Crippen LogP contribution is 2.30. The first-order valence-electron chi connectivity index (χ1n) is 8.93. The van der Waals surface area contributed by atoms with Crippen molar-refractivity contribution in [3.63, 3.8) is 0 Å². The van der Waals surface area contributed by atoms with E-state index in [1.807, 2.05) is 23.2 Å². The SMILES string of the molecule is CCn1nc(C)c(Nc2nc(C(C)C)nc3c(C)nn(CC)c23)c1C. The Morgan fingerprint density at radius 2 is 1.56 bits per heavy atom. The summed E-state index contributed by atoms with van der Waals surface area (Å²) in [5, 5.41) is 12.8. The molecule has 0 aliphatic rings. The van der Waals surface area contributed by atoms with Crippen LogP contribution in [0.5, 0.6) is 0 Å². The summed E-state index contributed by atoms with van der Waals surface area (Å²) in [5.74, 6) is 1.87. The lowest BCUT2D eigenvalue weighted by molar-refractivity contribution is 0.634. The third-order valence-corrected chi connectivity index (χ3v) is 4.51. The lowest BCUT2D eigenvalue weighted by atomic mass is 10.2. The molecule has 0 fully saturated rings.